The zero-order valence-corrected chi connectivity index (χ0v) is 14.0. The van der Waals surface area contributed by atoms with Crippen LogP contribution in [0.2, 0.25) is 0 Å². The summed E-state index contributed by atoms with van der Waals surface area (Å²) in [6.45, 7) is 5.67. The third-order valence-electron chi connectivity index (χ3n) is 4.15. The van der Waals surface area contributed by atoms with Crippen molar-refractivity contribution < 1.29 is 19.4 Å². The molecule has 23 heavy (non-hydrogen) atoms. The SMILES string of the molecule is CC(C)(C)OC(=O)NCC1(CC(=O)O)CCCc2ccccc21. The molecule has 0 bridgehead atoms. The number of alkyl carbamates (subject to hydrolysis) is 1. The highest BCUT2D eigenvalue weighted by Gasteiger charge is 2.39. The molecule has 1 aliphatic carbocycles. The number of ether oxygens (including phenoxy) is 1. The number of rotatable bonds is 4. The molecule has 1 aliphatic rings. The molecule has 0 saturated heterocycles. The van der Waals surface area contributed by atoms with Crippen molar-refractivity contribution in [2.45, 2.75) is 57.5 Å². The fourth-order valence-electron chi connectivity index (χ4n) is 3.28. The smallest absolute Gasteiger partial charge is 0.407 e. The Hall–Kier alpha value is -2.04. The van der Waals surface area contributed by atoms with E-state index in [0.717, 1.165) is 24.8 Å². The summed E-state index contributed by atoms with van der Waals surface area (Å²) in [6, 6.07) is 7.91. The zero-order chi connectivity index (χ0) is 17.1. The number of fused-ring (bicyclic) bond motifs is 1. The van der Waals surface area contributed by atoms with Crippen molar-refractivity contribution in [1.82, 2.24) is 5.32 Å². The van der Waals surface area contributed by atoms with E-state index >= 15 is 0 Å². The number of carboxylic acids is 1. The Kier molecular flexibility index (Phi) is 4.97. The molecule has 0 spiro atoms. The van der Waals surface area contributed by atoms with Gasteiger partial charge in [-0.2, -0.15) is 0 Å². The zero-order valence-electron chi connectivity index (χ0n) is 14.0. The first kappa shape index (κ1) is 17.3. The number of carbonyl (C=O) groups is 2. The topological polar surface area (TPSA) is 75.6 Å². The molecule has 1 amide bonds. The van der Waals surface area contributed by atoms with Gasteiger partial charge in [-0.05, 0) is 51.2 Å². The summed E-state index contributed by atoms with van der Waals surface area (Å²) in [5.74, 6) is -0.854. The first-order valence-electron chi connectivity index (χ1n) is 7.99. The average Bonchev–Trinajstić information content (AvgIpc) is 2.43. The number of hydrogen-bond donors (Lipinski definition) is 2. The van der Waals surface area contributed by atoms with Crippen molar-refractivity contribution in [3.63, 3.8) is 0 Å². The standard InChI is InChI=1S/C18H25NO4/c1-17(2,3)23-16(22)19-12-18(11-15(20)21)10-6-8-13-7-4-5-9-14(13)18/h4-5,7,9H,6,8,10-12H2,1-3H3,(H,19,22)(H,20,21). The van der Waals surface area contributed by atoms with Gasteiger partial charge in [-0.15, -0.1) is 0 Å². The van der Waals surface area contributed by atoms with Gasteiger partial charge in [0.2, 0.25) is 0 Å². The number of hydrogen-bond acceptors (Lipinski definition) is 3. The molecule has 0 saturated carbocycles. The Morgan fingerprint density at radius 2 is 2.00 bits per heavy atom. The number of amides is 1. The van der Waals surface area contributed by atoms with E-state index in [0.29, 0.717) is 0 Å². The van der Waals surface area contributed by atoms with Gasteiger partial charge in [0.1, 0.15) is 5.60 Å². The molecule has 1 atom stereocenters. The normalized spacial score (nSPS) is 20.5. The third-order valence-corrected chi connectivity index (χ3v) is 4.15. The maximum Gasteiger partial charge on any atom is 0.407 e. The fraction of sp³-hybridized carbons (Fsp3) is 0.556. The van der Waals surface area contributed by atoms with Crippen LogP contribution in [0.3, 0.4) is 0 Å². The Morgan fingerprint density at radius 1 is 1.30 bits per heavy atom. The van der Waals surface area contributed by atoms with Gasteiger partial charge in [0, 0.05) is 12.0 Å². The van der Waals surface area contributed by atoms with Crippen molar-refractivity contribution in [3.05, 3.63) is 35.4 Å². The van der Waals surface area contributed by atoms with Crippen molar-refractivity contribution in [1.29, 1.82) is 0 Å². The van der Waals surface area contributed by atoms with Crippen LogP contribution in [0.25, 0.3) is 0 Å². The summed E-state index contributed by atoms with van der Waals surface area (Å²) in [7, 11) is 0. The first-order valence-corrected chi connectivity index (χ1v) is 7.99. The summed E-state index contributed by atoms with van der Waals surface area (Å²) in [4.78, 5) is 23.4. The maximum atomic E-state index is 12.0. The van der Waals surface area contributed by atoms with E-state index in [1.54, 1.807) is 20.8 Å². The quantitative estimate of drug-likeness (QED) is 0.893. The Morgan fingerprint density at radius 3 is 2.65 bits per heavy atom. The van der Waals surface area contributed by atoms with E-state index in [1.165, 1.54) is 5.56 Å². The van der Waals surface area contributed by atoms with Gasteiger partial charge < -0.3 is 15.2 Å². The minimum Gasteiger partial charge on any atom is -0.481 e. The molecule has 0 radical (unpaired) electrons. The largest absolute Gasteiger partial charge is 0.481 e. The Balaban J connectivity index is 2.21. The monoisotopic (exact) mass is 319 g/mol. The van der Waals surface area contributed by atoms with E-state index in [-0.39, 0.29) is 13.0 Å². The highest BCUT2D eigenvalue weighted by atomic mass is 16.6. The third kappa shape index (κ3) is 4.47. The van der Waals surface area contributed by atoms with Crippen LogP contribution in [-0.4, -0.2) is 29.3 Å². The second-order valence-corrected chi connectivity index (χ2v) is 7.22. The van der Waals surface area contributed by atoms with Crippen molar-refractivity contribution in [2.75, 3.05) is 6.54 Å². The minimum atomic E-state index is -0.854. The summed E-state index contributed by atoms with van der Waals surface area (Å²) in [6.07, 6.45) is 2.10. The lowest BCUT2D eigenvalue weighted by Gasteiger charge is -2.38. The highest BCUT2D eigenvalue weighted by Crippen LogP contribution is 2.39. The summed E-state index contributed by atoms with van der Waals surface area (Å²) >= 11 is 0. The second-order valence-electron chi connectivity index (χ2n) is 7.22. The number of aryl methyl sites for hydroxylation is 1. The second kappa shape index (κ2) is 6.60. The van der Waals surface area contributed by atoms with Crippen molar-refractivity contribution in [2.24, 2.45) is 0 Å². The Labute approximate surface area is 137 Å². The molecule has 1 unspecified atom stereocenters. The van der Waals surface area contributed by atoms with Gasteiger partial charge >= 0.3 is 12.1 Å². The number of benzene rings is 1. The van der Waals surface area contributed by atoms with Gasteiger partial charge in [0.05, 0.1) is 6.42 Å². The number of nitrogens with one attached hydrogen (secondary N) is 1. The predicted octanol–water partition coefficient (Wildman–Crippen LogP) is 3.26. The van der Waals surface area contributed by atoms with Crippen LogP contribution in [-0.2, 0) is 21.4 Å². The van der Waals surface area contributed by atoms with Gasteiger partial charge in [-0.3, -0.25) is 4.79 Å². The highest BCUT2D eigenvalue weighted by molar-refractivity contribution is 5.71. The number of carboxylic acid groups (broad SMARTS) is 1. The lowest BCUT2D eigenvalue weighted by Crippen LogP contribution is -2.45. The first-order chi connectivity index (χ1) is 10.7. The number of carbonyl (C=O) groups excluding carboxylic acids is 1. The molecule has 2 rings (SSSR count). The van der Waals surface area contributed by atoms with E-state index in [1.807, 2.05) is 24.3 Å². The molecular formula is C18H25NO4. The van der Waals surface area contributed by atoms with E-state index in [9.17, 15) is 14.7 Å². The van der Waals surface area contributed by atoms with Crippen LogP contribution in [0.4, 0.5) is 4.79 Å². The van der Waals surface area contributed by atoms with Gasteiger partial charge in [-0.25, -0.2) is 4.79 Å². The van der Waals surface area contributed by atoms with Crippen molar-refractivity contribution >= 4 is 12.1 Å². The van der Waals surface area contributed by atoms with E-state index in [2.05, 4.69) is 5.32 Å². The molecule has 0 aliphatic heterocycles. The molecule has 5 nitrogen and oxygen atoms in total. The molecule has 5 heteroatoms. The molecule has 126 valence electrons. The molecule has 2 N–H and O–H groups in total. The van der Waals surface area contributed by atoms with Crippen LogP contribution >= 0.6 is 0 Å². The fourth-order valence-corrected chi connectivity index (χ4v) is 3.28. The van der Waals surface area contributed by atoms with Crippen LogP contribution in [0.5, 0.6) is 0 Å². The molecule has 0 heterocycles. The molecule has 0 aromatic heterocycles. The van der Waals surface area contributed by atoms with E-state index < -0.39 is 23.1 Å². The summed E-state index contributed by atoms with van der Waals surface area (Å²) in [5.41, 5.74) is 1.06. The molecule has 0 fully saturated rings. The van der Waals surface area contributed by atoms with Crippen LogP contribution in [0.15, 0.2) is 24.3 Å². The van der Waals surface area contributed by atoms with Crippen molar-refractivity contribution in [3.8, 4) is 0 Å². The van der Waals surface area contributed by atoms with Gasteiger partial charge in [-0.1, -0.05) is 24.3 Å². The van der Waals surface area contributed by atoms with Crippen LogP contribution in [0, 0.1) is 0 Å². The lowest BCUT2D eigenvalue weighted by molar-refractivity contribution is -0.138. The minimum absolute atomic E-state index is 0.000187. The average molecular weight is 319 g/mol. The summed E-state index contributed by atoms with van der Waals surface area (Å²) in [5, 5.41) is 12.1. The molecule has 1 aromatic rings. The predicted molar refractivity (Wildman–Crippen MR) is 87.5 cm³/mol. The van der Waals surface area contributed by atoms with Gasteiger partial charge in [0.15, 0.2) is 0 Å². The van der Waals surface area contributed by atoms with Crippen LogP contribution in [0.1, 0.15) is 51.2 Å². The molecule has 1 aromatic carbocycles. The number of aliphatic carboxylic acids is 1. The van der Waals surface area contributed by atoms with Crippen LogP contribution < -0.4 is 5.32 Å². The maximum absolute atomic E-state index is 12.0. The van der Waals surface area contributed by atoms with E-state index in [4.69, 9.17) is 4.74 Å². The summed E-state index contributed by atoms with van der Waals surface area (Å²) < 4.78 is 5.27. The lowest BCUT2D eigenvalue weighted by atomic mass is 9.68. The van der Waals surface area contributed by atoms with Gasteiger partial charge in [0.25, 0.3) is 0 Å². The molecular weight excluding hydrogens is 294 g/mol. The Bertz CT molecular complexity index is 591.